The minimum Gasteiger partial charge on any atom is -0.481 e. The van der Waals surface area contributed by atoms with Gasteiger partial charge >= 0.3 is 5.97 Å². The predicted molar refractivity (Wildman–Crippen MR) is 77.7 cm³/mol. The summed E-state index contributed by atoms with van der Waals surface area (Å²) in [5.74, 6) is -1.57. The monoisotopic (exact) mass is 303 g/mol. The number of amides is 1. The van der Waals surface area contributed by atoms with Crippen LogP contribution in [0.1, 0.15) is 13.8 Å². The van der Waals surface area contributed by atoms with Crippen LogP contribution in [0.25, 0.3) is 11.4 Å². The van der Waals surface area contributed by atoms with Crippen LogP contribution >= 0.6 is 0 Å². The normalized spacial score (nSPS) is 13.4. The van der Waals surface area contributed by atoms with Crippen molar-refractivity contribution in [1.82, 2.24) is 25.5 Å². The second-order valence-corrected chi connectivity index (χ2v) is 4.99. The average molecular weight is 303 g/mol. The number of carboxylic acids is 1. The second-order valence-electron chi connectivity index (χ2n) is 4.99. The quantitative estimate of drug-likeness (QED) is 0.807. The highest BCUT2D eigenvalue weighted by molar-refractivity contribution is 5.77. The number of hydrogen-bond donors (Lipinski definition) is 2. The molecular formula is C14H17N5O3. The maximum Gasteiger partial charge on any atom is 0.308 e. The molecule has 0 bridgehead atoms. The largest absolute Gasteiger partial charge is 0.481 e. The van der Waals surface area contributed by atoms with E-state index in [0.29, 0.717) is 5.82 Å². The molecule has 2 unspecified atom stereocenters. The highest BCUT2D eigenvalue weighted by atomic mass is 16.4. The van der Waals surface area contributed by atoms with Crippen molar-refractivity contribution >= 4 is 11.9 Å². The van der Waals surface area contributed by atoms with E-state index in [2.05, 4.69) is 20.7 Å². The molecule has 0 radical (unpaired) electrons. The van der Waals surface area contributed by atoms with Gasteiger partial charge in [-0.15, -0.1) is 10.2 Å². The van der Waals surface area contributed by atoms with E-state index in [-0.39, 0.29) is 12.5 Å². The van der Waals surface area contributed by atoms with Crippen molar-refractivity contribution in [3.63, 3.8) is 0 Å². The highest BCUT2D eigenvalue weighted by Crippen LogP contribution is 2.11. The average Bonchev–Trinajstić information content (AvgIpc) is 2.95. The first-order valence-corrected chi connectivity index (χ1v) is 6.82. The third kappa shape index (κ3) is 3.87. The number of aliphatic carboxylic acids is 1. The van der Waals surface area contributed by atoms with E-state index < -0.39 is 17.9 Å². The van der Waals surface area contributed by atoms with Gasteiger partial charge in [0.2, 0.25) is 11.7 Å². The van der Waals surface area contributed by atoms with E-state index in [9.17, 15) is 9.59 Å². The summed E-state index contributed by atoms with van der Waals surface area (Å²) in [6.45, 7) is 3.06. The Kier molecular flexibility index (Phi) is 4.82. The Balaban J connectivity index is 1.96. The summed E-state index contributed by atoms with van der Waals surface area (Å²) in [5.41, 5.74) is 0.807. The maximum atomic E-state index is 11.9. The minimum atomic E-state index is -0.960. The molecule has 0 aliphatic rings. The maximum absolute atomic E-state index is 11.9. The molecular weight excluding hydrogens is 286 g/mol. The van der Waals surface area contributed by atoms with Gasteiger partial charge in [-0.3, -0.25) is 9.59 Å². The Bertz CT molecular complexity index is 656. The summed E-state index contributed by atoms with van der Waals surface area (Å²) in [4.78, 5) is 23.9. The Morgan fingerprint density at radius 3 is 2.59 bits per heavy atom. The molecule has 0 fully saturated rings. The van der Waals surface area contributed by atoms with E-state index in [0.717, 1.165) is 5.56 Å². The van der Waals surface area contributed by atoms with Gasteiger partial charge in [0.25, 0.3) is 0 Å². The fourth-order valence-corrected chi connectivity index (χ4v) is 1.78. The van der Waals surface area contributed by atoms with Crippen molar-refractivity contribution in [2.24, 2.45) is 5.92 Å². The Labute approximate surface area is 127 Å². The van der Waals surface area contributed by atoms with Crippen LogP contribution in [-0.2, 0) is 16.1 Å². The van der Waals surface area contributed by atoms with Crippen LogP contribution in [0.3, 0.4) is 0 Å². The molecule has 0 saturated carbocycles. The van der Waals surface area contributed by atoms with Crippen LogP contribution < -0.4 is 5.32 Å². The Morgan fingerprint density at radius 1 is 1.27 bits per heavy atom. The van der Waals surface area contributed by atoms with E-state index in [1.807, 2.05) is 30.3 Å². The van der Waals surface area contributed by atoms with Gasteiger partial charge < -0.3 is 10.4 Å². The molecule has 2 N–H and O–H groups in total. The number of carbonyl (C=O) groups is 2. The molecule has 8 heteroatoms. The summed E-state index contributed by atoms with van der Waals surface area (Å²) in [6.07, 6.45) is 0. The molecule has 2 atom stereocenters. The van der Waals surface area contributed by atoms with Gasteiger partial charge in [0.15, 0.2) is 0 Å². The van der Waals surface area contributed by atoms with Crippen LogP contribution in [0.2, 0.25) is 0 Å². The van der Waals surface area contributed by atoms with Crippen molar-refractivity contribution in [2.45, 2.75) is 26.4 Å². The first-order valence-electron chi connectivity index (χ1n) is 6.82. The lowest BCUT2D eigenvalue weighted by Crippen LogP contribution is -2.41. The fraction of sp³-hybridized carbons (Fsp3) is 0.357. The van der Waals surface area contributed by atoms with Crippen molar-refractivity contribution < 1.29 is 14.7 Å². The molecule has 1 aromatic carbocycles. The number of aromatic nitrogens is 4. The molecule has 116 valence electrons. The standard InChI is InChI=1S/C14H17N5O3/c1-9(14(21)22)10(2)15-12(20)8-19-17-13(16-18-19)11-6-4-3-5-7-11/h3-7,9-10H,8H2,1-2H3,(H,15,20)(H,21,22). The van der Waals surface area contributed by atoms with Gasteiger partial charge in [0, 0.05) is 11.6 Å². The van der Waals surface area contributed by atoms with Gasteiger partial charge in [0.1, 0.15) is 6.54 Å². The molecule has 2 rings (SSSR count). The van der Waals surface area contributed by atoms with E-state index in [1.54, 1.807) is 6.92 Å². The summed E-state index contributed by atoms with van der Waals surface area (Å²) < 4.78 is 0. The van der Waals surface area contributed by atoms with Gasteiger partial charge in [-0.2, -0.15) is 4.80 Å². The first kappa shape index (κ1) is 15.6. The summed E-state index contributed by atoms with van der Waals surface area (Å²) in [5, 5.41) is 23.3. The van der Waals surface area contributed by atoms with Gasteiger partial charge in [-0.05, 0) is 19.1 Å². The molecule has 1 aromatic heterocycles. The summed E-state index contributed by atoms with van der Waals surface area (Å²) in [7, 11) is 0. The molecule has 1 heterocycles. The highest BCUT2D eigenvalue weighted by Gasteiger charge is 2.21. The van der Waals surface area contributed by atoms with E-state index in [4.69, 9.17) is 5.11 Å². The molecule has 1 amide bonds. The Hall–Kier alpha value is -2.77. The zero-order valence-corrected chi connectivity index (χ0v) is 12.3. The SMILES string of the molecule is CC(NC(=O)Cn1nnc(-c2ccccc2)n1)C(C)C(=O)O. The molecule has 8 nitrogen and oxygen atoms in total. The van der Waals surface area contributed by atoms with Gasteiger partial charge in [-0.25, -0.2) is 0 Å². The number of carbonyl (C=O) groups excluding carboxylic acids is 1. The molecule has 0 spiro atoms. The third-order valence-electron chi connectivity index (χ3n) is 3.30. The first-order chi connectivity index (χ1) is 10.5. The lowest BCUT2D eigenvalue weighted by molar-refractivity contribution is -0.142. The van der Waals surface area contributed by atoms with Crippen LogP contribution in [0.15, 0.2) is 30.3 Å². The topological polar surface area (TPSA) is 110 Å². The predicted octanol–water partition coefficient (Wildman–Crippen LogP) is 0.565. The number of rotatable bonds is 6. The van der Waals surface area contributed by atoms with Crippen molar-refractivity contribution in [2.75, 3.05) is 0 Å². The molecule has 22 heavy (non-hydrogen) atoms. The van der Waals surface area contributed by atoms with Crippen molar-refractivity contribution in [3.8, 4) is 11.4 Å². The lowest BCUT2D eigenvalue weighted by Gasteiger charge is -2.17. The van der Waals surface area contributed by atoms with Crippen LogP contribution in [0, 0.1) is 5.92 Å². The van der Waals surface area contributed by atoms with Crippen LogP contribution in [0.4, 0.5) is 0 Å². The number of benzene rings is 1. The molecule has 0 aliphatic carbocycles. The summed E-state index contributed by atoms with van der Waals surface area (Å²) in [6, 6.07) is 8.81. The van der Waals surface area contributed by atoms with Crippen molar-refractivity contribution in [3.05, 3.63) is 30.3 Å². The fourth-order valence-electron chi connectivity index (χ4n) is 1.78. The number of nitrogens with zero attached hydrogens (tertiary/aromatic N) is 4. The summed E-state index contributed by atoms with van der Waals surface area (Å²) >= 11 is 0. The number of carboxylic acid groups (broad SMARTS) is 1. The molecule has 0 aliphatic heterocycles. The number of tetrazole rings is 1. The van der Waals surface area contributed by atoms with E-state index in [1.165, 1.54) is 11.7 Å². The Morgan fingerprint density at radius 2 is 1.95 bits per heavy atom. The van der Waals surface area contributed by atoms with Crippen molar-refractivity contribution in [1.29, 1.82) is 0 Å². The van der Waals surface area contributed by atoms with Gasteiger partial charge in [-0.1, -0.05) is 30.3 Å². The zero-order valence-electron chi connectivity index (χ0n) is 12.3. The smallest absolute Gasteiger partial charge is 0.308 e. The minimum absolute atomic E-state index is 0.115. The zero-order chi connectivity index (χ0) is 16.1. The molecule has 2 aromatic rings. The third-order valence-corrected chi connectivity index (χ3v) is 3.30. The second kappa shape index (κ2) is 6.79. The molecule has 0 saturated heterocycles. The van der Waals surface area contributed by atoms with Crippen LogP contribution in [0.5, 0.6) is 0 Å². The number of hydrogen-bond acceptors (Lipinski definition) is 5. The van der Waals surface area contributed by atoms with E-state index >= 15 is 0 Å². The van der Waals surface area contributed by atoms with Gasteiger partial charge in [0.05, 0.1) is 5.92 Å². The lowest BCUT2D eigenvalue weighted by atomic mass is 10.0. The number of nitrogens with one attached hydrogen (secondary N) is 1. The van der Waals surface area contributed by atoms with Crippen LogP contribution in [-0.4, -0.2) is 43.2 Å².